The first kappa shape index (κ1) is 24.1. The molecule has 172 valence electrons. The molecule has 3 rings (SSSR count). The molecular formula is C23H27ClN2O5S. The highest BCUT2D eigenvalue weighted by Crippen LogP contribution is 2.29. The van der Waals surface area contributed by atoms with Gasteiger partial charge in [0.05, 0.1) is 23.1 Å². The molecule has 1 aliphatic heterocycles. The summed E-state index contributed by atoms with van der Waals surface area (Å²) in [5.74, 6) is -0.799. The van der Waals surface area contributed by atoms with Crippen molar-refractivity contribution in [1.82, 2.24) is 4.90 Å². The van der Waals surface area contributed by atoms with Crippen molar-refractivity contribution >= 4 is 39.2 Å². The molecule has 0 spiro atoms. The molecule has 0 saturated carbocycles. The minimum absolute atomic E-state index is 0.100. The van der Waals surface area contributed by atoms with Gasteiger partial charge < -0.3 is 9.64 Å². The minimum Gasteiger partial charge on any atom is -0.466 e. The van der Waals surface area contributed by atoms with E-state index >= 15 is 0 Å². The molecule has 0 N–H and O–H groups in total. The lowest BCUT2D eigenvalue weighted by molar-refractivity contribution is -0.151. The summed E-state index contributed by atoms with van der Waals surface area (Å²) in [4.78, 5) is 26.8. The van der Waals surface area contributed by atoms with E-state index in [0.717, 1.165) is 4.31 Å². The Balaban J connectivity index is 1.84. The van der Waals surface area contributed by atoms with Crippen LogP contribution in [0.25, 0.3) is 0 Å². The molecule has 2 aromatic carbocycles. The van der Waals surface area contributed by atoms with Crippen LogP contribution in [-0.4, -0.2) is 51.4 Å². The molecule has 2 aromatic rings. The number of amides is 1. The van der Waals surface area contributed by atoms with Gasteiger partial charge in [-0.15, -0.1) is 0 Å². The van der Waals surface area contributed by atoms with E-state index in [1.54, 1.807) is 55.1 Å². The van der Waals surface area contributed by atoms with E-state index in [0.29, 0.717) is 48.8 Å². The molecule has 1 saturated heterocycles. The number of anilines is 1. The van der Waals surface area contributed by atoms with Crippen molar-refractivity contribution in [2.75, 3.05) is 30.5 Å². The van der Waals surface area contributed by atoms with Crippen molar-refractivity contribution in [3.8, 4) is 0 Å². The summed E-state index contributed by atoms with van der Waals surface area (Å²) in [6.45, 7) is 4.25. The van der Waals surface area contributed by atoms with Gasteiger partial charge in [0, 0.05) is 18.1 Å². The summed E-state index contributed by atoms with van der Waals surface area (Å²) in [7, 11) is -3.99. The zero-order valence-electron chi connectivity index (χ0n) is 18.2. The number of carbonyl (C=O) groups excluding carboxylic acids is 2. The summed E-state index contributed by atoms with van der Waals surface area (Å²) >= 11 is 6.06. The lowest BCUT2D eigenvalue weighted by Gasteiger charge is -2.33. The van der Waals surface area contributed by atoms with Crippen LogP contribution in [-0.2, 0) is 24.3 Å². The zero-order chi connectivity index (χ0) is 23.3. The number of sulfonamides is 1. The largest absolute Gasteiger partial charge is 0.466 e. The molecule has 1 heterocycles. The topological polar surface area (TPSA) is 84.0 Å². The number of halogens is 1. The SMILES string of the molecule is CCOC(=O)C1CCN(C(=O)CN(c2ccc(Cl)cc2C)S(=O)(=O)c2ccccc2)CC1. The van der Waals surface area contributed by atoms with Crippen molar-refractivity contribution < 1.29 is 22.7 Å². The third kappa shape index (κ3) is 5.42. The number of hydrogen-bond donors (Lipinski definition) is 0. The Morgan fingerprint density at radius 3 is 2.38 bits per heavy atom. The van der Waals surface area contributed by atoms with Gasteiger partial charge in [-0.3, -0.25) is 13.9 Å². The lowest BCUT2D eigenvalue weighted by Crippen LogP contribution is -2.47. The molecule has 0 aliphatic carbocycles. The maximum atomic E-state index is 13.5. The number of benzene rings is 2. The van der Waals surface area contributed by atoms with Gasteiger partial charge in [-0.05, 0) is 62.6 Å². The summed E-state index contributed by atoms with van der Waals surface area (Å²) in [6.07, 6.45) is 0.992. The van der Waals surface area contributed by atoms with Gasteiger partial charge in [0.25, 0.3) is 10.0 Å². The van der Waals surface area contributed by atoms with Crippen LogP contribution in [0.1, 0.15) is 25.3 Å². The van der Waals surface area contributed by atoms with Gasteiger partial charge in [-0.1, -0.05) is 29.8 Å². The van der Waals surface area contributed by atoms with Gasteiger partial charge in [-0.25, -0.2) is 8.42 Å². The van der Waals surface area contributed by atoms with Crippen LogP contribution in [0.15, 0.2) is 53.4 Å². The molecule has 1 aliphatic rings. The fourth-order valence-electron chi connectivity index (χ4n) is 3.77. The van der Waals surface area contributed by atoms with E-state index in [2.05, 4.69) is 0 Å². The maximum Gasteiger partial charge on any atom is 0.309 e. The van der Waals surface area contributed by atoms with Crippen LogP contribution in [0, 0.1) is 12.8 Å². The summed E-state index contributed by atoms with van der Waals surface area (Å²) in [5, 5.41) is 0.482. The predicted octanol–water partition coefficient (Wildman–Crippen LogP) is 3.65. The van der Waals surface area contributed by atoms with Crippen LogP contribution < -0.4 is 4.31 Å². The quantitative estimate of drug-likeness (QED) is 0.567. The third-order valence-electron chi connectivity index (χ3n) is 5.51. The van der Waals surface area contributed by atoms with Gasteiger partial charge in [0.1, 0.15) is 6.54 Å². The molecule has 7 nitrogen and oxygen atoms in total. The highest BCUT2D eigenvalue weighted by Gasteiger charge is 2.32. The van der Waals surface area contributed by atoms with Crippen LogP contribution >= 0.6 is 11.6 Å². The maximum absolute atomic E-state index is 13.5. The van der Waals surface area contributed by atoms with E-state index in [1.807, 2.05) is 0 Å². The second kappa shape index (κ2) is 10.4. The Kier molecular flexibility index (Phi) is 7.79. The molecule has 32 heavy (non-hydrogen) atoms. The van der Waals surface area contributed by atoms with Crippen LogP contribution in [0.2, 0.25) is 5.02 Å². The monoisotopic (exact) mass is 478 g/mol. The van der Waals surface area contributed by atoms with Gasteiger partial charge in [-0.2, -0.15) is 0 Å². The standard InChI is InChI=1S/C23H27ClN2O5S/c1-3-31-23(28)18-11-13-25(14-12-18)22(27)16-26(21-10-9-19(24)15-17(21)2)32(29,30)20-7-5-4-6-8-20/h4-10,15,18H,3,11-14,16H2,1-2H3. The van der Waals surface area contributed by atoms with E-state index in [-0.39, 0.29) is 29.2 Å². The number of aryl methyl sites for hydroxylation is 1. The van der Waals surface area contributed by atoms with Crippen LogP contribution in [0.3, 0.4) is 0 Å². The first-order valence-electron chi connectivity index (χ1n) is 10.5. The fraction of sp³-hybridized carbons (Fsp3) is 0.391. The number of ether oxygens (including phenoxy) is 1. The molecule has 0 bridgehead atoms. The van der Waals surface area contributed by atoms with Gasteiger partial charge in [0.15, 0.2) is 0 Å². The first-order chi connectivity index (χ1) is 15.2. The zero-order valence-corrected chi connectivity index (χ0v) is 19.7. The average Bonchev–Trinajstić information content (AvgIpc) is 2.78. The average molecular weight is 479 g/mol. The summed E-state index contributed by atoms with van der Waals surface area (Å²) in [5.41, 5.74) is 1.04. The van der Waals surface area contributed by atoms with Crippen molar-refractivity contribution in [3.05, 3.63) is 59.1 Å². The highest BCUT2D eigenvalue weighted by molar-refractivity contribution is 7.92. The summed E-state index contributed by atoms with van der Waals surface area (Å²) in [6, 6.07) is 12.9. The smallest absolute Gasteiger partial charge is 0.309 e. The molecule has 0 aromatic heterocycles. The van der Waals surface area contributed by atoms with Crippen LogP contribution in [0.5, 0.6) is 0 Å². The Hall–Kier alpha value is -2.58. The molecular weight excluding hydrogens is 452 g/mol. The van der Waals surface area contributed by atoms with Gasteiger partial charge in [0.2, 0.25) is 5.91 Å². The van der Waals surface area contributed by atoms with E-state index < -0.39 is 10.0 Å². The Labute approximate surface area is 194 Å². The highest BCUT2D eigenvalue weighted by atomic mass is 35.5. The Morgan fingerprint density at radius 1 is 1.12 bits per heavy atom. The Bertz CT molecular complexity index is 1070. The number of likely N-dealkylation sites (tertiary alicyclic amines) is 1. The lowest BCUT2D eigenvalue weighted by atomic mass is 9.97. The second-order valence-electron chi connectivity index (χ2n) is 7.66. The van der Waals surface area contributed by atoms with E-state index in [1.165, 1.54) is 12.1 Å². The van der Waals surface area contributed by atoms with Crippen LogP contribution in [0.4, 0.5) is 5.69 Å². The number of carbonyl (C=O) groups is 2. The number of esters is 1. The van der Waals surface area contributed by atoms with E-state index in [4.69, 9.17) is 16.3 Å². The normalized spacial score (nSPS) is 14.8. The molecule has 1 fully saturated rings. The summed E-state index contributed by atoms with van der Waals surface area (Å²) < 4.78 is 33.1. The second-order valence-corrected chi connectivity index (χ2v) is 9.96. The molecule has 9 heteroatoms. The molecule has 1 amide bonds. The number of piperidine rings is 1. The van der Waals surface area contributed by atoms with Gasteiger partial charge >= 0.3 is 5.97 Å². The fourth-order valence-corrected chi connectivity index (χ4v) is 5.49. The number of rotatable bonds is 7. The van der Waals surface area contributed by atoms with Crippen molar-refractivity contribution in [2.45, 2.75) is 31.6 Å². The molecule has 0 radical (unpaired) electrons. The molecule has 0 atom stereocenters. The Morgan fingerprint density at radius 2 is 1.78 bits per heavy atom. The van der Waals surface area contributed by atoms with Crippen molar-refractivity contribution in [1.29, 1.82) is 0 Å². The number of hydrogen-bond acceptors (Lipinski definition) is 5. The van der Waals surface area contributed by atoms with E-state index in [9.17, 15) is 18.0 Å². The minimum atomic E-state index is -3.99. The first-order valence-corrected chi connectivity index (χ1v) is 12.3. The van der Waals surface area contributed by atoms with Crippen molar-refractivity contribution in [3.63, 3.8) is 0 Å². The van der Waals surface area contributed by atoms with Crippen molar-refractivity contribution in [2.24, 2.45) is 5.92 Å². The third-order valence-corrected chi connectivity index (χ3v) is 7.51. The predicted molar refractivity (Wildman–Crippen MR) is 123 cm³/mol. The molecule has 0 unspecified atom stereocenters. The number of nitrogens with zero attached hydrogens (tertiary/aromatic N) is 2.